The fraction of sp³-hybridized carbons (Fsp3) is 0.375. The van der Waals surface area contributed by atoms with Gasteiger partial charge in [-0.25, -0.2) is 0 Å². The van der Waals surface area contributed by atoms with Gasteiger partial charge >= 0.3 is 0 Å². The van der Waals surface area contributed by atoms with Gasteiger partial charge in [-0.3, -0.25) is 10.2 Å². The third kappa shape index (κ3) is 4.00. The monoisotopic (exact) mass is 302 g/mol. The lowest BCUT2D eigenvalue weighted by Gasteiger charge is -2.39. The van der Waals surface area contributed by atoms with Gasteiger partial charge in [-0.1, -0.05) is 12.1 Å². The van der Waals surface area contributed by atoms with E-state index in [0.29, 0.717) is 18.9 Å². The summed E-state index contributed by atoms with van der Waals surface area (Å²) >= 11 is 0. The molecule has 0 aromatic heterocycles. The number of hydrogen-bond donors (Lipinski definition) is 3. The summed E-state index contributed by atoms with van der Waals surface area (Å²) in [6, 6.07) is 7.69. The molecule has 0 bridgehead atoms. The predicted molar refractivity (Wildman–Crippen MR) is 85.7 cm³/mol. The van der Waals surface area contributed by atoms with Crippen molar-refractivity contribution in [1.82, 2.24) is 10.2 Å². The number of carbonyl (C=O) groups is 1. The van der Waals surface area contributed by atoms with Crippen molar-refractivity contribution in [3.8, 4) is 5.75 Å². The molecule has 118 valence electrons. The molecule has 1 atom stereocenters. The van der Waals surface area contributed by atoms with E-state index in [9.17, 15) is 4.79 Å². The van der Waals surface area contributed by atoms with E-state index in [2.05, 4.69) is 5.32 Å². The summed E-state index contributed by atoms with van der Waals surface area (Å²) in [6.45, 7) is 4.83. The number of benzene rings is 1. The van der Waals surface area contributed by atoms with Crippen molar-refractivity contribution in [3.05, 3.63) is 42.1 Å². The summed E-state index contributed by atoms with van der Waals surface area (Å²) in [5.41, 5.74) is 6.30. The maximum atomic E-state index is 11.0. The third-order valence-corrected chi connectivity index (χ3v) is 3.55. The van der Waals surface area contributed by atoms with Crippen molar-refractivity contribution in [3.63, 3.8) is 0 Å². The van der Waals surface area contributed by atoms with E-state index in [-0.39, 0.29) is 18.1 Å². The lowest BCUT2D eigenvalue weighted by Crippen LogP contribution is -2.55. The Balaban J connectivity index is 1.83. The molecule has 22 heavy (non-hydrogen) atoms. The average Bonchev–Trinajstić information content (AvgIpc) is 2.42. The first-order chi connectivity index (χ1) is 10.5. The van der Waals surface area contributed by atoms with E-state index >= 15 is 0 Å². The smallest absolute Gasteiger partial charge is 0.217 e. The Kier molecular flexibility index (Phi) is 5.04. The van der Waals surface area contributed by atoms with Gasteiger partial charge in [-0.15, -0.1) is 0 Å². The van der Waals surface area contributed by atoms with E-state index in [0.717, 1.165) is 11.3 Å². The van der Waals surface area contributed by atoms with Crippen LogP contribution in [0.2, 0.25) is 0 Å². The van der Waals surface area contributed by atoms with Crippen molar-refractivity contribution < 1.29 is 9.53 Å². The molecule has 0 radical (unpaired) electrons. The molecule has 1 aromatic rings. The van der Waals surface area contributed by atoms with Crippen LogP contribution in [0.5, 0.6) is 5.75 Å². The second kappa shape index (κ2) is 6.98. The minimum Gasteiger partial charge on any atom is -0.487 e. The highest BCUT2D eigenvalue weighted by Crippen LogP contribution is 2.21. The summed E-state index contributed by atoms with van der Waals surface area (Å²) in [6.07, 6.45) is 3.02. The third-order valence-electron chi connectivity index (χ3n) is 3.55. The minimum atomic E-state index is -0.0450. The molecule has 4 N–H and O–H groups in total. The zero-order chi connectivity index (χ0) is 16.1. The van der Waals surface area contributed by atoms with Crippen LogP contribution < -0.4 is 15.8 Å². The lowest BCUT2D eigenvalue weighted by atomic mass is 10.1. The molecule has 1 heterocycles. The van der Waals surface area contributed by atoms with Gasteiger partial charge in [0.2, 0.25) is 5.91 Å². The van der Waals surface area contributed by atoms with E-state index < -0.39 is 0 Å². The van der Waals surface area contributed by atoms with Gasteiger partial charge in [0.15, 0.2) is 0 Å². The Hall–Kier alpha value is -2.50. The zero-order valence-corrected chi connectivity index (χ0v) is 12.9. The molecule has 1 aliphatic rings. The minimum absolute atomic E-state index is 0.0192. The lowest BCUT2D eigenvalue weighted by molar-refractivity contribution is -0.119. The Morgan fingerprint density at radius 1 is 1.45 bits per heavy atom. The van der Waals surface area contributed by atoms with Gasteiger partial charge in [0.1, 0.15) is 17.7 Å². The number of hydrogen-bond acceptors (Lipinski definition) is 4. The van der Waals surface area contributed by atoms with Gasteiger partial charge in [-0.05, 0) is 36.9 Å². The Labute approximate surface area is 130 Å². The molecule has 0 aliphatic carbocycles. The highest BCUT2D eigenvalue weighted by Gasteiger charge is 2.29. The van der Waals surface area contributed by atoms with Crippen LogP contribution >= 0.6 is 0 Å². The standard InChI is InChI=1S/C16H22N4O2/c1-11(19-12(2)21)13-3-5-14(6-4-13)22-15-9-20(10-15)16(18)7-8-17/h3-8,11,15,18H,9-10,17H2,1-2H3,(H,19,21)/t11-/m0/s1. The fourth-order valence-corrected chi connectivity index (χ4v) is 2.32. The molecular formula is C16H22N4O2. The Morgan fingerprint density at radius 3 is 2.64 bits per heavy atom. The van der Waals surface area contributed by atoms with Gasteiger partial charge in [-0.2, -0.15) is 0 Å². The van der Waals surface area contributed by atoms with Crippen molar-refractivity contribution in [1.29, 1.82) is 5.41 Å². The normalized spacial score (nSPS) is 16.2. The van der Waals surface area contributed by atoms with Gasteiger partial charge < -0.3 is 20.7 Å². The van der Waals surface area contributed by atoms with Crippen LogP contribution in [-0.4, -0.2) is 35.8 Å². The summed E-state index contributed by atoms with van der Waals surface area (Å²) < 4.78 is 5.84. The topological polar surface area (TPSA) is 91.4 Å². The molecule has 0 spiro atoms. The van der Waals surface area contributed by atoms with Crippen molar-refractivity contribution in [2.24, 2.45) is 5.73 Å². The summed E-state index contributed by atoms with van der Waals surface area (Å²) in [5.74, 6) is 1.16. The molecule has 1 aromatic carbocycles. The molecule has 1 fully saturated rings. The van der Waals surface area contributed by atoms with Crippen LogP contribution in [0, 0.1) is 5.41 Å². The summed E-state index contributed by atoms with van der Waals surface area (Å²) in [7, 11) is 0. The van der Waals surface area contributed by atoms with E-state index in [4.69, 9.17) is 15.9 Å². The van der Waals surface area contributed by atoms with E-state index in [1.54, 1.807) is 6.08 Å². The first-order valence-electron chi connectivity index (χ1n) is 7.25. The van der Waals surface area contributed by atoms with Crippen molar-refractivity contribution in [2.75, 3.05) is 13.1 Å². The summed E-state index contributed by atoms with van der Waals surface area (Å²) in [5, 5.41) is 10.6. The van der Waals surface area contributed by atoms with Crippen molar-refractivity contribution >= 4 is 11.7 Å². The van der Waals surface area contributed by atoms with Crippen LogP contribution in [-0.2, 0) is 4.79 Å². The van der Waals surface area contributed by atoms with Crippen molar-refractivity contribution in [2.45, 2.75) is 26.0 Å². The SMILES string of the molecule is CC(=O)N[C@@H](C)c1ccc(OC2CN(C(=N)C=CN)C2)cc1. The van der Waals surface area contributed by atoms with Crippen LogP contribution in [0.1, 0.15) is 25.5 Å². The molecule has 1 aliphatic heterocycles. The Morgan fingerprint density at radius 2 is 2.09 bits per heavy atom. The quantitative estimate of drug-likeness (QED) is 0.566. The average molecular weight is 302 g/mol. The number of nitrogens with one attached hydrogen (secondary N) is 2. The predicted octanol–water partition coefficient (Wildman–Crippen LogP) is 1.40. The highest BCUT2D eigenvalue weighted by atomic mass is 16.5. The van der Waals surface area contributed by atoms with Crippen LogP contribution in [0.15, 0.2) is 36.5 Å². The number of amides is 1. The number of nitrogens with two attached hydrogens (primary N) is 1. The van der Waals surface area contributed by atoms with Gasteiger partial charge in [0.05, 0.1) is 19.1 Å². The van der Waals surface area contributed by atoms with E-state index in [1.807, 2.05) is 36.1 Å². The fourth-order valence-electron chi connectivity index (χ4n) is 2.32. The first kappa shape index (κ1) is 15.9. The molecule has 1 saturated heterocycles. The first-order valence-corrected chi connectivity index (χ1v) is 7.25. The van der Waals surface area contributed by atoms with Crippen LogP contribution in [0.4, 0.5) is 0 Å². The number of likely N-dealkylation sites (tertiary alicyclic amines) is 1. The number of ether oxygens (including phenoxy) is 1. The molecule has 6 heteroatoms. The maximum absolute atomic E-state index is 11.0. The second-order valence-electron chi connectivity index (χ2n) is 5.38. The number of rotatable bonds is 5. The maximum Gasteiger partial charge on any atom is 0.217 e. The molecule has 0 saturated carbocycles. The van der Waals surface area contributed by atoms with Gasteiger partial charge in [0, 0.05) is 6.92 Å². The largest absolute Gasteiger partial charge is 0.487 e. The molecule has 2 rings (SSSR count). The van der Waals surface area contributed by atoms with Crippen LogP contribution in [0.25, 0.3) is 0 Å². The molecule has 1 amide bonds. The second-order valence-corrected chi connectivity index (χ2v) is 5.38. The zero-order valence-electron chi connectivity index (χ0n) is 12.9. The van der Waals surface area contributed by atoms with Crippen LogP contribution in [0.3, 0.4) is 0 Å². The number of amidine groups is 1. The summed E-state index contributed by atoms with van der Waals surface area (Å²) in [4.78, 5) is 12.9. The molecule has 0 unspecified atom stereocenters. The number of nitrogens with zero attached hydrogens (tertiary/aromatic N) is 1. The molecular weight excluding hydrogens is 280 g/mol. The van der Waals surface area contributed by atoms with E-state index in [1.165, 1.54) is 13.1 Å². The number of carbonyl (C=O) groups excluding carboxylic acids is 1. The Bertz CT molecular complexity index is 562. The molecule has 6 nitrogen and oxygen atoms in total. The highest BCUT2D eigenvalue weighted by molar-refractivity contribution is 5.90. The van der Waals surface area contributed by atoms with Gasteiger partial charge in [0.25, 0.3) is 0 Å².